The van der Waals surface area contributed by atoms with Gasteiger partial charge in [0.25, 0.3) is 10.1 Å². The third-order valence-corrected chi connectivity index (χ3v) is 2.86. The Morgan fingerprint density at radius 2 is 1.35 bits per heavy atom. The van der Waals surface area contributed by atoms with Crippen LogP contribution in [0.5, 0.6) is 0 Å². The van der Waals surface area contributed by atoms with E-state index in [0.717, 1.165) is 0 Å². The van der Waals surface area contributed by atoms with Gasteiger partial charge in [-0.1, -0.05) is 0 Å². The summed E-state index contributed by atoms with van der Waals surface area (Å²) in [6.45, 7) is 4.32. The van der Waals surface area contributed by atoms with Crippen molar-refractivity contribution in [2.24, 2.45) is 0 Å². The van der Waals surface area contributed by atoms with Crippen molar-refractivity contribution in [3.8, 4) is 0 Å². The zero-order valence-corrected chi connectivity index (χ0v) is 12.7. The summed E-state index contributed by atoms with van der Waals surface area (Å²) in [4.78, 5) is 0. The molecule has 0 bridgehead atoms. The number of ether oxygens (including phenoxy) is 4. The molecular weight excluding hydrogens is 290 g/mol. The number of methoxy groups -OCH3 is 1. The Bertz CT molecular complexity index is 297. The maximum atomic E-state index is 10.4. The van der Waals surface area contributed by atoms with E-state index in [1.807, 2.05) is 0 Å². The molecule has 0 aliphatic heterocycles. The number of rotatable bonds is 15. The molecule has 0 unspecified atom stereocenters. The Balaban J connectivity index is 3.03. The van der Waals surface area contributed by atoms with Crippen LogP contribution in [0.3, 0.4) is 0 Å². The van der Waals surface area contributed by atoms with Gasteiger partial charge in [0.05, 0.1) is 52.0 Å². The fourth-order valence-corrected chi connectivity index (χ4v) is 1.56. The molecule has 8 nitrogen and oxygen atoms in total. The monoisotopic (exact) mass is 315 g/mol. The highest BCUT2D eigenvalue weighted by atomic mass is 32.2. The Labute approximate surface area is 120 Å². The summed E-state index contributed by atoms with van der Waals surface area (Å²) in [6, 6.07) is 0. The molecule has 0 saturated carbocycles. The van der Waals surface area contributed by atoms with Gasteiger partial charge >= 0.3 is 0 Å². The van der Waals surface area contributed by atoms with Crippen molar-refractivity contribution in [1.82, 2.24) is 5.32 Å². The second kappa shape index (κ2) is 13.7. The quantitative estimate of drug-likeness (QED) is 0.298. The maximum absolute atomic E-state index is 10.4. The summed E-state index contributed by atoms with van der Waals surface area (Å²) >= 11 is 0. The zero-order valence-electron chi connectivity index (χ0n) is 11.9. The highest BCUT2D eigenvalue weighted by molar-refractivity contribution is 7.85. The molecule has 0 aliphatic rings. The van der Waals surface area contributed by atoms with Crippen molar-refractivity contribution >= 4 is 10.1 Å². The zero-order chi connectivity index (χ0) is 15.1. The summed E-state index contributed by atoms with van der Waals surface area (Å²) < 4.78 is 49.8. The summed E-state index contributed by atoms with van der Waals surface area (Å²) in [5.41, 5.74) is 0. The largest absolute Gasteiger partial charge is 0.382 e. The molecule has 0 fully saturated rings. The van der Waals surface area contributed by atoms with E-state index < -0.39 is 10.1 Å². The van der Waals surface area contributed by atoms with Gasteiger partial charge in [-0.05, 0) is 0 Å². The highest BCUT2D eigenvalue weighted by Gasteiger charge is 2.02. The lowest BCUT2D eigenvalue weighted by atomic mass is 10.6. The third kappa shape index (κ3) is 17.7. The molecule has 9 heteroatoms. The summed E-state index contributed by atoms with van der Waals surface area (Å²) in [5, 5.41) is 2.84. The second-order valence-electron chi connectivity index (χ2n) is 3.87. The van der Waals surface area contributed by atoms with Gasteiger partial charge in [-0.15, -0.1) is 0 Å². The lowest BCUT2D eigenvalue weighted by molar-refractivity contribution is 0.00414. The molecule has 0 spiro atoms. The van der Waals surface area contributed by atoms with Crippen molar-refractivity contribution in [3.63, 3.8) is 0 Å². The van der Waals surface area contributed by atoms with E-state index in [1.165, 1.54) is 0 Å². The van der Waals surface area contributed by atoms with Crippen LogP contribution in [0.15, 0.2) is 0 Å². The number of nitrogens with one attached hydrogen (secondary N) is 1. The van der Waals surface area contributed by atoms with E-state index in [9.17, 15) is 8.42 Å². The van der Waals surface area contributed by atoms with Crippen LogP contribution in [0.2, 0.25) is 0 Å². The van der Waals surface area contributed by atoms with E-state index in [4.69, 9.17) is 23.5 Å². The smallest absolute Gasteiger partial charge is 0.266 e. The summed E-state index contributed by atoms with van der Waals surface area (Å²) in [6.07, 6.45) is 0. The van der Waals surface area contributed by atoms with Crippen LogP contribution >= 0.6 is 0 Å². The predicted octanol–water partition coefficient (Wildman–Crippen LogP) is -0.840. The van der Waals surface area contributed by atoms with Gasteiger partial charge in [0.2, 0.25) is 0 Å². The molecule has 20 heavy (non-hydrogen) atoms. The molecule has 0 aromatic heterocycles. The molecule has 0 amide bonds. The summed E-state index contributed by atoms with van der Waals surface area (Å²) in [7, 11) is -2.26. The van der Waals surface area contributed by atoms with Gasteiger partial charge in [-0.2, -0.15) is 8.42 Å². The van der Waals surface area contributed by atoms with Gasteiger partial charge in [0.1, 0.15) is 0 Å². The van der Waals surface area contributed by atoms with Crippen LogP contribution in [0.1, 0.15) is 0 Å². The van der Waals surface area contributed by atoms with E-state index >= 15 is 0 Å². The van der Waals surface area contributed by atoms with Crippen molar-refractivity contribution in [3.05, 3.63) is 0 Å². The Morgan fingerprint density at radius 3 is 1.85 bits per heavy atom. The topological polar surface area (TPSA) is 103 Å². The highest BCUT2D eigenvalue weighted by Crippen LogP contribution is 1.82. The average Bonchev–Trinajstić information content (AvgIpc) is 2.38. The van der Waals surface area contributed by atoms with Crippen LogP contribution in [-0.2, 0) is 29.1 Å². The molecule has 0 rings (SSSR count). The minimum atomic E-state index is -3.88. The van der Waals surface area contributed by atoms with Gasteiger partial charge in [-0.3, -0.25) is 4.55 Å². The van der Waals surface area contributed by atoms with Crippen LogP contribution in [0, 0.1) is 0 Å². The van der Waals surface area contributed by atoms with E-state index in [0.29, 0.717) is 52.8 Å². The molecule has 0 aliphatic carbocycles. The van der Waals surface area contributed by atoms with Gasteiger partial charge in [-0.25, -0.2) is 0 Å². The first kappa shape index (κ1) is 19.7. The molecule has 0 radical (unpaired) electrons. The SMILES string of the molecule is COCCOCCOCCOCCNCCS(=O)(=O)O. The molecule has 0 aromatic carbocycles. The van der Waals surface area contributed by atoms with E-state index in [1.54, 1.807) is 7.11 Å². The van der Waals surface area contributed by atoms with Crippen molar-refractivity contribution in [1.29, 1.82) is 0 Å². The minimum absolute atomic E-state index is 0.206. The van der Waals surface area contributed by atoms with E-state index in [2.05, 4.69) is 5.32 Å². The van der Waals surface area contributed by atoms with Gasteiger partial charge in [0, 0.05) is 20.2 Å². The second-order valence-corrected chi connectivity index (χ2v) is 5.44. The Kier molecular flexibility index (Phi) is 13.5. The first-order chi connectivity index (χ1) is 9.56. The van der Waals surface area contributed by atoms with E-state index in [-0.39, 0.29) is 12.3 Å². The lowest BCUT2D eigenvalue weighted by Crippen LogP contribution is -2.26. The standard InChI is InChI=1S/C11H25NO7S/c1-16-5-6-18-9-10-19-8-7-17-4-2-12-3-11-20(13,14)15/h12H,2-11H2,1H3,(H,13,14,15). The Hall–Kier alpha value is -0.290. The molecular formula is C11H25NO7S. The van der Waals surface area contributed by atoms with Crippen LogP contribution < -0.4 is 5.32 Å². The molecule has 0 atom stereocenters. The molecule has 0 aromatic rings. The van der Waals surface area contributed by atoms with Gasteiger partial charge < -0.3 is 24.3 Å². The van der Waals surface area contributed by atoms with Crippen LogP contribution in [0.4, 0.5) is 0 Å². The molecule has 0 heterocycles. The fraction of sp³-hybridized carbons (Fsp3) is 1.00. The van der Waals surface area contributed by atoms with Crippen LogP contribution in [-0.4, -0.2) is 85.2 Å². The van der Waals surface area contributed by atoms with Crippen LogP contribution in [0.25, 0.3) is 0 Å². The first-order valence-electron chi connectivity index (χ1n) is 6.44. The lowest BCUT2D eigenvalue weighted by Gasteiger charge is -2.07. The molecule has 122 valence electrons. The van der Waals surface area contributed by atoms with Crippen molar-refractivity contribution < 1.29 is 31.9 Å². The third-order valence-electron chi connectivity index (χ3n) is 2.14. The van der Waals surface area contributed by atoms with Crippen molar-refractivity contribution in [2.75, 3.05) is 72.2 Å². The number of hydrogen-bond acceptors (Lipinski definition) is 7. The minimum Gasteiger partial charge on any atom is -0.382 e. The van der Waals surface area contributed by atoms with Crippen molar-refractivity contribution in [2.45, 2.75) is 0 Å². The summed E-state index contributed by atoms with van der Waals surface area (Å²) in [5.74, 6) is -0.292. The fourth-order valence-electron chi connectivity index (χ4n) is 1.15. The molecule has 0 saturated heterocycles. The number of hydrogen-bond donors (Lipinski definition) is 2. The normalized spacial score (nSPS) is 11.9. The Morgan fingerprint density at radius 1 is 0.850 bits per heavy atom. The average molecular weight is 315 g/mol. The first-order valence-corrected chi connectivity index (χ1v) is 8.05. The maximum Gasteiger partial charge on any atom is 0.266 e. The molecule has 2 N–H and O–H groups in total. The van der Waals surface area contributed by atoms with Gasteiger partial charge in [0.15, 0.2) is 0 Å². The predicted molar refractivity (Wildman–Crippen MR) is 73.6 cm³/mol.